The van der Waals surface area contributed by atoms with Gasteiger partial charge in [-0.05, 0) is 56.3 Å². The molecule has 2 rings (SSSR count). The van der Waals surface area contributed by atoms with Crippen molar-refractivity contribution in [2.75, 3.05) is 25.1 Å². The van der Waals surface area contributed by atoms with Crippen LogP contribution in [0.2, 0.25) is 0 Å². The Kier molecular flexibility index (Phi) is 6.83. The van der Waals surface area contributed by atoms with Crippen molar-refractivity contribution in [3.8, 4) is 11.5 Å². The SMILES string of the molecule is CCOC(=O)c1cccc(NC(=O)COc2ccc(OCC)cc2)c1. The summed E-state index contributed by atoms with van der Waals surface area (Å²) in [5.74, 6) is 0.563. The summed E-state index contributed by atoms with van der Waals surface area (Å²) in [6.07, 6.45) is 0. The van der Waals surface area contributed by atoms with Gasteiger partial charge in [0.05, 0.1) is 18.8 Å². The molecule has 132 valence electrons. The van der Waals surface area contributed by atoms with Crippen LogP contribution in [0.5, 0.6) is 11.5 Å². The first-order chi connectivity index (χ1) is 12.1. The van der Waals surface area contributed by atoms with E-state index >= 15 is 0 Å². The number of amides is 1. The van der Waals surface area contributed by atoms with Crippen molar-refractivity contribution in [3.63, 3.8) is 0 Å². The van der Waals surface area contributed by atoms with Crippen molar-refractivity contribution < 1.29 is 23.8 Å². The van der Waals surface area contributed by atoms with Crippen molar-refractivity contribution in [3.05, 3.63) is 54.1 Å². The van der Waals surface area contributed by atoms with Gasteiger partial charge in [0.1, 0.15) is 11.5 Å². The highest BCUT2D eigenvalue weighted by molar-refractivity contribution is 5.95. The fourth-order valence-electron chi connectivity index (χ4n) is 2.08. The zero-order valence-electron chi connectivity index (χ0n) is 14.3. The molecule has 0 fully saturated rings. The molecule has 1 amide bonds. The molecule has 6 heteroatoms. The summed E-state index contributed by atoms with van der Waals surface area (Å²) < 4.78 is 15.7. The Morgan fingerprint density at radius 1 is 0.920 bits per heavy atom. The number of rotatable bonds is 8. The standard InChI is InChI=1S/C19H21NO5/c1-3-23-16-8-10-17(11-9-16)25-13-18(21)20-15-7-5-6-14(12-15)19(22)24-4-2/h5-12H,3-4,13H2,1-2H3,(H,20,21). The minimum atomic E-state index is -0.427. The number of nitrogens with one attached hydrogen (secondary N) is 1. The van der Waals surface area contributed by atoms with E-state index in [0.717, 1.165) is 5.75 Å². The van der Waals surface area contributed by atoms with Crippen molar-refractivity contribution in [1.82, 2.24) is 0 Å². The third-order valence-electron chi connectivity index (χ3n) is 3.16. The summed E-state index contributed by atoms with van der Waals surface area (Å²) in [6.45, 7) is 4.39. The molecule has 2 aromatic carbocycles. The van der Waals surface area contributed by atoms with Crippen LogP contribution in [0.25, 0.3) is 0 Å². The maximum atomic E-state index is 12.0. The van der Waals surface area contributed by atoms with E-state index in [0.29, 0.717) is 30.2 Å². The van der Waals surface area contributed by atoms with Crippen molar-refractivity contribution >= 4 is 17.6 Å². The molecule has 0 aliphatic heterocycles. The van der Waals surface area contributed by atoms with E-state index in [1.54, 1.807) is 55.5 Å². The summed E-state index contributed by atoms with van der Waals surface area (Å²) in [5, 5.41) is 2.68. The third-order valence-corrected chi connectivity index (χ3v) is 3.16. The molecule has 6 nitrogen and oxygen atoms in total. The average molecular weight is 343 g/mol. The van der Waals surface area contributed by atoms with Crippen LogP contribution in [0.4, 0.5) is 5.69 Å². The van der Waals surface area contributed by atoms with Gasteiger partial charge in [0.25, 0.3) is 5.91 Å². The Morgan fingerprint density at radius 2 is 1.60 bits per heavy atom. The van der Waals surface area contributed by atoms with Crippen LogP contribution in [0.1, 0.15) is 24.2 Å². The van der Waals surface area contributed by atoms with Crippen LogP contribution in [0.3, 0.4) is 0 Å². The average Bonchev–Trinajstić information content (AvgIpc) is 2.62. The summed E-state index contributed by atoms with van der Waals surface area (Å²) in [4.78, 5) is 23.7. The molecule has 0 saturated carbocycles. The van der Waals surface area contributed by atoms with E-state index in [2.05, 4.69) is 5.32 Å². The Morgan fingerprint density at radius 3 is 2.24 bits per heavy atom. The van der Waals surface area contributed by atoms with Gasteiger partial charge in [-0.15, -0.1) is 0 Å². The fraction of sp³-hybridized carbons (Fsp3) is 0.263. The number of esters is 1. The summed E-state index contributed by atoms with van der Waals surface area (Å²) in [7, 11) is 0. The molecule has 0 aromatic heterocycles. The van der Waals surface area contributed by atoms with Gasteiger partial charge in [-0.25, -0.2) is 4.79 Å². The number of benzene rings is 2. The maximum Gasteiger partial charge on any atom is 0.338 e. The molecule has 0 unspecified atom stereocenters. The highest BCUT2D eigenvalue weighted by Gasteiger charge is 2.09. The van der Waals surface area contributed by atoms with Crippen molar-refractivity contribution in [2.24, 2.45) is 0 Å². The van der Waals surface area contributed by atoms with Gasteiger partial charge in [0.15, 0.2) is 6.61 Å². The Balaban J connectivity index is 1.87. The van der Waals surface area contributed by atoms with Crippen LogP contribution >= 0.6 is 0 Å². The van der Waals surface area contributed by atoms with Gasteiger partial charge in [-0.3, -0.25) is 4.79 Å². The summed E-state index contributed by atoms with van der Waals surface area (Å²) in [6, 6.07) is 13.6. The molecule has 25 heavy (non-hydrogen) atoms. The van der Waals surface area contributed by atoms with Crippen molar-refractivity contribution in [2.45, 2.75) is 13.8 Å². The number of hydrogen-bond donors (Lipinski definition) is 1. The predicted molar refractivity (Wildman–Crippen MR) is 94.1 cm³/mol. The van der Waals surface area contributed by atoms with E-state index in [1.165, 1.54) is 0 Å². The lowest BCUT2D eigenvalue weighted by molar-refractivity contribution is -0.118. The molecule has 0 heterocycles. The van der Waals surface area contributed by atoms with Gasteiger partial charge in [0, 0.05) is 5.69 Å². The first kappa shape index (κ1) is 18.3. The van der Waals surface area contributed by atoms with Gasteiger partial charge in [0.2, 0.25) is 0 Å². The molecule has 0 aliphatic rings. The largest absolute Gasteiger partial charge is 0.494 e. The zero-order valence-corrected chi connectivity index (χ0v) is 14.3. The van der Waals surface area contributed by atoms with E-state index in [9.17, 15) is 9.59 Å². The quantitative estimate of drug-likeness (QED) is 0.745. The highest BCUT2D eigenvalue weighted by Crippen LogP contribution is 2.17. The number of carbonyl (C=O) groups excluding carboxylic acids is 2. The topological polar surface area (TPSA) is 73.9 Å². The van der Waals surface area contributed by atoms with Crippen molar-refractivity contribution in [1.29, 1.82) is 0 Å². The van der Waals surface area contributed by atoms with Crippen LogP contribution < -0.4 is 14.8 Å². The lowest BCUT2D eigenvalue weighted by atomic mass is 10.2. The molecule has 0 aliphatic carbocycles. The van der Waals surface area contributed by atoms with Gasteiger partial charge in [-0.2, -0.15) is 0 Å². The van der Waals surface area contributed by atoms with E-state index in [1.807, 2.05) is 6.92 Å². The first-order valence-corrected chi connectivity index (χ1v) is 8.05. The molecular weight excluding hydrogens is 322 g/mol. The van der Waals surface area contributed by atoms with Gasteiger partial charge >= 0.3 is 5.97 Å². The van der Waals surface area contributed by atoms with Crippen LogP contribution in [0, 0.1) is 0 Å². The molecule has 0 radical (unpaired) electrons. The Labute approximate surface area is 146 Å². The molecular formula is C19H21NO5. The highest BCUT2D eigenvalue weighted by atomic mass is 16.5. The summed E-state index contributed by atoms with van der Waals surface area (Å²) in [5.41, 5.74) is 0.887. The molecule has 0 atom stereocenters. The second-order valence-electron chi connectivity index (χ2n) is 5.04. The van der Waals surface area contributed by atoms with Crippen LogP contribution in [-0.4, -0.2) is 31.7 Å². The van der Waals surface area contributed by atoms with E-state index in [4.69, 9.17) is 14.2 Å². The Hall–Kier alpha value is -3.02. The van der Waals surface area contributed by atoms with Crippen LogP contribution in [-0.2, 0) is 9.53 Å². The predicted octanol–water partition coefficient (Wildman–Crippen LogP) is 3.28. The minimum Gasteiger partial charge on any atom is -0.494 e. The summed E-state index contributed by atoms with van der Waals surface area (Å²) >= 11 is 0. The number of hydrogen-bond acceptors (Lipinski definition) is 5. The molecule has 0 spiro atoms. The Bertz CT molecular complexity index is 712. The molecule has 2 aromatic rings. The monoisotopic (exact) mass is 343 g/mol. The fourth-order valence-corrected chi connectivity index (χ4v) is 2.08. The van der Waals surface area contributed by atoms with Crippen LogP contribution in [0.15, 0.2) is 48.5 Å². The minimum absolute atomic E-state index is 0.141. The third kappa shape index (κ3) is 5.84. The maximum absolute atomic E-state index is 12.0. The molecule has 0 saturated heterocycles. The second-order valence-corrected chi connectivity index (χ2v) is 5.04. The number of carbonyl (C=O) groups is 2. The van der Waals surface area contributed by atoms with E-state index < -0.39 is 5.97 Å². The lowest BCUT2D eigenvalue weighted by Crippen LogP contribution is -2.20. The number of anilines is 1. The number of ether oxygens (including phenoxy) is 3. The van der Waals surface area contributed by atoms with E-state index in [-0.39, 0.29) is 12.5 Å². The zero-order chi connectivity index (χ0) is 18.1. The van der Waals surface area contributed by atoms with Gasteiger partial charge < -0.3 is 19.5 Å². The molecule has 0 bridgehead atoms. The normalized spacial score (nSPS) is 10.0. The molecule has 1 N–H and O–H groups in total. The lowest BCUT2D eigenvalue weighted by Gasteiger charge is -2.09. The second kappa shape index (κ2) is 9.32. The van der Waals surface area contributed by atoms with Gasteiger partial charge in [-0.1, -0.05) is 6.07 Å². The smallest absolute Gasteiger partial charge is 0.338 e. The first-order valence-electron chi connectivity index (χ1n) is 8.05.